The Morgan fingerprint density at radius 2 is 2.15 bits per heavy atom. The van der Waals surface area contributed by atoms with Crippen molar-refractivity contribution in [1.82, 2.24) is 14.7 Å². The summed E-state index contributed by atoms with van der Waals surface area (Å²) in [5.74, 6) is 0.0145. The lowest BCUT2D eigenvalue weighted by Crippen LogP contribution is -2.37. The summed E-state index contributed by atoms with van der Waals surface area (Å²) in [5.41, 5.74) is 4.56. The third-order valence-corrected chi connectivity index (χ3v) is 6.11. The number of halogens is 1. The van der Waals surface area contributed by atoms with Crippen LogP contribution in [0.1, 0.15) is 21.9 Å². The Labute approximate surface area is 161 Å². The van der Waals surface area contributed by atoms with Crippen LogP contribution in [0.2, 0.25) is 4.34 Å². The molecule has 4 nitrogen and oxygen atoms in total. The molecule has 3 aromatic rings. The summed E-state index contributed by atoms with van der Waals surface area (Å²) in [6.45, 7) is 4.84. The zero-order valence-electron chi connectivity index (χ0n) is 14.4. The molecule has 3 heterocycles. The largest absolute Gasteiger partial charge is 0.333 e. The number of hydrogen-bond acceptors (Lipinski definition) is 3. The van der Waals surface area contributed by atoms with Gasteiger partial charge in [0, 0.05) is 36.1 Å². The Hall–Kier alpha value is -2.37. The maximum absolute atomic E-state index is 12.3. The molecule has 2 aromatic heterocycles. The summed E-state index contributed by atoms with van der Waals surface area (Å²) in [6.07, 6.45) is 3.18. The fraction of sp³-hybridized carbons (Fsp3) is 0.200. The van der Waals surface area contributed by atoms with Gasteiger partial charge in [-0.1, -0.05) is 42.4 Å². The number of carbonyl (C=O) groups is 1. The monoisotopic (exact) mass is 383 g/mol. The molecule has 0 saturated carbocycles. The molecular formula is C20H18ClN3OS. The first-order chi connectivity index (χ1) is 12.6. The smallest absolute Gasteiger partial charge is 0.246 e. The van der Waals surface area contributed by atoms with Crippen LogP contribution >= 0.6 is 22.9 Å². The van der Waals surface area contributed by atoms with E-state index in [2.05, 4.69) is 23.8 Å². The minimum absolute atomic E-state index is 0.0526. The molecule has 132 valence electrons. The van der Waals surface area contributed by atoms with Crippen LogP contribution in [0, 0.1) is 0 Å². The van der Waals surface area contributed by atoms with E-state index in [1.807, 2.05) is 40.9 Å². The molecule has 0 unspecified atom stereocenters. The van der Waals surface area contributed by atoms with Gasteiger partial charge in [-0.2, -0.15) is 5.10 Å². The first-order valence-corrected chi connectivity index (χ1v) is 9.54. The average molecular weight is 384 g/mol. The van der Waals surface area contributed by atoms with Crippen LogP contribution in [-0.4, -0.2) is 27.1 Å². The maximum Gasteiger partial charge on any atom is 0.246 e. The lowest BCUT2D eigenvalue weighted by molar-refractivity contribution is -0.127. The summed E-state index contributed by atoms with van der Waals surface area (Å²) in [6, 6.07) is 12.4. The van der Waals surface area contributed by atoms with Gasteiger partial charge in [0.1, 0.15) is 0 Å². The van der Waals surface area contributed by atoms with Gasteiger partial charge in [0.2, 0.25) is 5.91 Å². The fourth-order valence-corrected chi connectivity index (χ4v) is 4.98. The van der Waals surface area contributed by atoms with Gasteiger partial charge < -0.3 is 4.90 Å². The van der Waals surface area contributed by atoms with Gasteiger partial charge in [-0.3, -0.25) is 9.48 Å². The van der Waals surface area contributed by atoms with Crippen LogP contribution in [0.5, 0.6) is 0 Å². The van der Waals surface area contributed by atoms with Gasteiger partial charge in [-0.15, -0.1) is 11.3 Å². The molecule has 6 heteroatoms. The minimum Gasteiger partial charge on any atom is -0.333 e. The number of nitrogens with zero attached hydrogens (tertiary/aromatic N) is 3. The topological polar surface area (TPSA) is 38.1 Å². The van der Waals surface area contributed by atoms with Crippen molar-refractivity contribution in [2.24, 2.45) is 7.05 Å². The van der Waals surface area contributed by atoms with E-state index in [-0.39, 0.29) is 11.8 Å². The first kappa shape index (κ1) is 17.1. The standard InChI is InChI=1S/C20H18ClN3OS/c1-3-20(25)24-11-16(15-10-19(21)26-18(15)12-24)13-6-4-5-7-14(13)17-8-9-22-23(17)2/h3-10,16H,1,11-12H2,2H3/t16-/m0/s1. The van der Waals surface area contributed by atoms with Crippen molar-refractivity contribution in [3.05, 3.63) is 75.6 Å². The second-order valence-electron chi connectivity index (χ2n) is 6.33. The lowest BCUT2D eigenvalue weighted by Gasteiger charge is -2.33. The SMILES string of the molecule is C=CC(=O)N1Cc2sc(Cl)cc2[C@H](c2ccccc2-c2ccnn2C)C1. The molecule has 26 heavy (non-hydrogen) atoms. The summed E-state index contributed by atoms with van der Waals surface area (Å²) >= 11 is 7.86. The predicted octanol–water partition coefficient (Wildman–Crippen LogP) is 4.46. The molecular weight excluding hydrogens is 366 g/mol. The van der Waals surface area contributed by atoms with Crippen LogP contribution in [-0.2, 0) is 18.4 Å². The quantitative estimate of drug-likeness (QED) is 0.626. The van der Waals surface area contributed by atoms with Crippen molar-refractivity contribution in [3.63, 3.8) is 0 Å². The highest BCUT2D eigenvalue weighted by Crippen LogP contribution is 2.42. The van der Waals surface area contributed by atoms with E-state index in [9.17, 15) is 4.79 Å². The molecule has 0 fully saturated rings. The van der Waals surface area contributed by atoms with Crippen molar-refractivity contribution >= 4 is 28.8 Å². The number of hydrogen-bond donors (Lipinski definition) is 0. The summed E-state index contributed by atoms with van der Waals surface area (Å²) in [4.78, 5) is 15.3. The Kier molecular flexibility index (Phi) is 4.42. The normalized spacial score (nSPS) is 16.4. The molecule has 1 aromatic carbocycles. The molecule has 0 N–H and O–H groups in total. The molecule has 1 aliphatic heterocycles. The Bertz CT molecular complexity index is 991. The minimum atomic E-state index is -0.0526. The van der Waals surface area contributed by atoms with Crippen LogP contribution in [0.15, 0.2) is 55.3 Å². The number of aryl methyl sites for hydroxylation is 1. The zero-order valence-corrected chi connectivity index (χ0v) is 15.9. The van der Waals surface area contributed by atoms with Gasteiger partial charge in [-0.25, -0.2) is 0 Å². The van der Waals surface area contributed by atoms with E-state index in [4.69, 9.17) is 11.6 Å². The number of thiophene rings is 1. The van der Waals surface area contributed by atoms with Crippen molar-refractivity contribution < 1.29 is 4.79 Å². The highest BCUT2D eigenvalue weighted by molar-refractivity contribution is 7.16. The van der Waals surface area contributed by atoms with E-state index in [0.717, 1.165) is 20.5 Å². The Balaban J connectivity index is 1.86. The van der Waals surface area contributed by atoms with E-state index >= 15 is 0 Å². The number of amides is 1. The summed E-state index contributed by atoms with van der Waals surface area (Å²) in [5, 5.41) is 4.30. The molecule has 0 aliphatic carbocycles. The number of rotatable bonds is 3. The predicted molar refractivity (Wildman–Crippen MR) is 105 cm³/mol. The molecule has 0 bridgehead atoms. The third kappa shape index (κ3) is 2.87. The van der Waals surface area contributed by atoms with Crippen molar-refractivity contribution in [3.8, 4) is 11.3 Å². The Morgan fingerprint density at radius 3 is 2.88 bits per heavy atom. The molecule has 0 radical (unpaired) electrons. The molecule has 1 amide bonds. The second kappa shape index (κ2) is 6.74. The van der Waals surface area contributed by atoms with Crippen molar-refractivity contribution in [2.75, 3.05) is 6.54 Å². The molecule has 1 aliphatic rings. The Morgan fingerprint density at radius 1 is 1.35 bits per heavy atom. The van der Waals surface area contributed by atoms with Crippen molar-refractivity contribution in [2.45, 2.75) is 12.5 Å². The van der Waals surface area contributed by atoms with Gasteiger partial charge in [0.05, 0.1) is 16.6 Å². The van der Waals surface area contributed by atoms with Gasteiger partial charge in [0.15, 0.2) is 0 Å². The lowest BCUT2D eigenvalue weighted by atomic mass is 9.85. The van der Waals surface area contributed by atoms with Crippen LogP contribution in [0.4, 0.5) is 0 Å². The molecule has 0 spiro atoms. The van der Waals surface area contributed by atoms with Gasteiger partial charge >= 0.3 is 0 Å². The van der Waals surface area contributed by atoms with Crippen molar-refractivity contribution in [1.29, 1.82) is 0 Å². The number of carbonyl (C=O) groups excluding carboxylic acids is 1. The van der Waals surface area contributed by atoms with Crippen LogP contribution < -0.4 is 0 Å². The first-order valence-electron chi connectivity index (χ1n) is 8.35. The fourth-order valence-electron chi connectivity index (χ4n) is 3.62. The summed E-state index contributed by atoms with van der Waals surface area (Å²) < 4.78 is 2.63. The molecule has 4 rings (SSSR count). The van der Waals surface area contributed by atoms with Crippen LogP contribution in [0.3, 0.4) is 0 Å². The van der Waals surface area contributed by atoms with Crippen LogP contribution in [0.25, 0.3) is 11.3 Å². The van der Waals surface area contributed by atoms with E-state index < -0.39 is 0 Å². The number of fused-ring (bicyclic) bond motifs is 1. The average Bonchev–Trinajstić information content (AvgIpc) is 3.24. The van der Waals surface area contributed by atoms with Gasteiger partial charge in [0.25, 0.3) is 0 Å². The number of benzene rings is 1. The molecule has 0 saturated heterocycles. The van der Waals surface area contributed by atoms with E-state index in [0.29, 0.717) is 13.1 Å². The second-order valence-corrected chi connectivity index (χ2v) is 8.10. The maximum atomic E-state index is 12.3. The highest BCUT2D eigenvalue weighted by atomic mass is 35.5. The summed E-state index contributed by atoms with van der Waals surface area (Å²) in [7, 11) is 1.94. The zero-order chi connectivity index (χ0) is 18.3. The number of aromatic nitrogens is 2. The highest BCUT2D eigenvalue weighted by Gasteiger charge is 2.31. The van der Waals surface area contributed by atoms with E-state index in [1.165, 1.54) is 17.2 Å². The third-order valence-electron chi connectivity index (χ3n) is 4.84. The van der Waals surface area contributed by atoms with E-state index in [1.54, 1.807) is 17.5 Å². The van der Waals surface area contributed by atoms with Gasteiger partial charge in [-0.05, 0) is 29.3 Å². The molecule has 1 atom stereocenters.